The second-order valence-electron chi connectivity index (χ2n) is 6.56. The highest BCUT2D eigenvalue weighted by atomic mass is 32.2. The lowest BCUT2D eigenvalue weighted by atomic mass is 10.2. The van der Waals surface area contributed by atoms with Crippen molar-refractivity contribution in [2.24, 2.45) is 0 Å². The molecule has 1 aliphatic rings. The molecule has 0 unspecified atom stereocenters. The summed E-state index contributed by atoms with van der Waals surface area (Å²) in [5, 5.41) is 9.78. The van der Waals surface area contributed by atoms with Gasteiger partial charge in [0.2, 0.25) is 5.89 Å². The van der Waals surface area contributed by atoms with Crippen LogP contribution in [0, 0.1) is 0 Å². The van der Waals surface area contributed by atoms with Crippen molar-refractivity contribution in [2.45, 2.75) is 29.7 Å². The molecule has 0 spiro atoms. The highest BCUT2D eigenvalue weighted by Crippen LogP contribution is 2.41. The Balaban J connectivity index is 1.38. The van der Waals surface area contributed by atoms with E-state index in [4.69, 9.17) is 4.42 Å². The molecule has 0 aliphatic heterocycles. The van der Waals surface area contributed by atoms with E-state index in [1.165, 1.54) is 12.8 Å². The van der Waals surface area contributed by atoms with Crippen LogP contribution in [0.5, 0.6) is 0 Å². The summed E-state index contributed by atoms with van der Waals surface area (Å²) in [6.07, 6.45) is 4.16. The Morgan fingerprint density at radius 2 is 1.70 bits per heavy atom. The molecule has 0 atom stereocenters. The molecular formula is C21H18N4OS. The second kappa shape index (κ2) is 7.04. The van der Waals surface area contributed by atoms with Crippen LogP contribution in [0.25, 0.3) is 17.0 Å². The predicted octanol–water partition coefficient (Wildman–Crippen LogP) is 5.09. The van der Waals surface area contributed by atoms with Crippen molar-refractivity contribution in [1.82, 2.24) is 19.7 Å². The molecule has 2 aromatic carbocycles. The number of thioether (sulfide) groups is 1. The number of rotatable bonds is 6. The summed E-state index contributed by atoms with van der Waals surface area (Å²) in [5.74, 6) is 3.67. The first-order valence-corrected chi connectivity index (χ1v) is 10.0. The minimum atomic E-state index is 0.526. The fraction of sp³-hybridized carbons (Fsp3) is 0.190. The van der Waals surface area contributed by atoms with E-state index < -0.39 is 0 Å². The zero-order valence-corrected chi connectivity index (χ0v) is 15.5. The van der Waals surface area contributed by atoms with Gasteiger partial charge in [-0.05, 0) is 25.0 Å². The van der Waals surface area contributed by atoms with Gasteiger partial charge in [-0.25, -0.2) is 4.98 Å². The maximum absolute atomic E-state index is 5.91. The van der Waals surface area contributed by atoms with Gasteiger partial charge in [-0.15, -0.1) is 10.2 Å². The van der Waals surface area contributed by atoms with E-state index in [1.54, 1.807) is 18.0 Å². The molecule has 27 heavy (non-hydrogen) atoms. The Morgan fingerprint density at radius 3 is 2.44 bits per heavy atom. The third-order valence-electron chi connectivity index (χ3n) is 4.55. The quantitative estimate of drug-likeness (QED) is 0.440. The van der Waals surface area contributed by atoms with Gasteiger partial charge in [-0.2, -0.15) is 0 Å². The summed E-state index contributed by atoms with van der Waals surface area (Å²) in [6, 6.07) is 20.3. The lowest BCUT2D eigenvalue weighted by molar-refractivity contribution is 0.529. The van der Waals surface area contributed by atoms with Gasteiger partial charge in [0.25, 0.3) is 0 Å². The lowest BCUT2D eigenvalue weighted by Gasteiger charge is -2.09. The molecular weight excluding hydrogens is 356 g/mol. The second-order valence-corrected chi connectivity index (χ2v) is 7.50. The SMILES string of the molecule is c1ccc(-c2cnc(CSc3nnc(C4CC4)n3-c3ccccc3)o2)cc1. The lowest BCUT2D eigenvalue weighted by Crippen LogP contribution is -2.01. The van der Waals surface area contributed by atoms with Crippen LogP contribution in [0.1, 0.15) is 30.5 Å². The summed E-state index contributed by atoms with van der Waals surface area (Å²) in [7, 11) is 0. The summed E-state index contributed by atoms with van der Waals surface area (Å²) in [4.78, 5) is 4.42. The molecule has 0 radical (unpaired) electrons. The maximum atomic E-state index is 5.91. The van der Waals surface area contributed by atoms with Crippen LogP contribution < -0.4 is 0 Å². The van der Waals surface area contributed by atoms with Crippen molar-refractivity contribution >= 4 is 11.8 Å². The zero-order valence-electron chi connectivity index (χ0n) is 14.7. The van der Waals surface area contributed by atoms with Gasteiger partial charge in [0.1, 0.15) is 5.82 Å². The fourth-order valence-electron chi connectivity index (χ4n) is 3.04. The van der Waals surface area contributed by atoms with Gasteiger partial charge in [-0.1, -0.05) is 60.3 Å². The van der Waals surface area contributed by atoms with Crippen molar-refractivity contribution in [1.29, 1.82) is 0 Å². The average Bonchev–Trinajstić information content (AvgIpc) is 3.31. The molecule has 2 heterocycles. The maximum Gasteiger partial charge on any atom is 0.205 e. The van der Waals surface area contributed by atoms with Crippen molar-refractivity contribution in [3.63, 3.8) is 0 Å². The van der Waals surface area contributed by atoms with Crippen molar-refractivity contribution in [3.05, 3.63) is 78.6 Å². The molecule has 6 heteroatoms. The molecule has 1 fully saturated rings. The van der Waals surface area contributed by atoms with Crippen LogP contribution >= 0.6 is 11.8 Å². The van der Waals surface area contributed by atoms with Crippen molar-refractivity contribution in [2.75, 3.05) is 0 Å². The third kappa shape index (κ3) is 3.40. The fourth-order valence-corrected chi connectivity index (χ4v) is 3.85. The number of hydrogen-bond donors (Lipinski definition) is 0. The van der Waals surface area contributed by atoms with E-state index >= 15 is 0 Å². The van der Waals surface area contributed by atoms with E-state index in [9.17, 15) is 0 Å². The predicted molar refractivity (Wildman–Crippen MR) is 105 cm³/mol. The van der Waals surface area contributed by atoms with Crippen LogP contribution in [0.15, 0.2) is 76.4 Å². The van der Waals surface area contributed by atoms with Gasteiger partial charge < -0.3 is 4.42 Å². The van der Waals surface area contributed by atoms with Gasteiger partial charge in [0, 0.05) is 17.2 Å². The van der Waals surface area contributed by atoms with Crippen LogP contribution in [-0.2, 0) is 5.75 Å². The number of hydrogen-bond acceptors (Lipinski definition) is 5. The van der Waals surface area contributed by atoms with Gasteiger partial charge >= 0.3 is 0 Å². The van der Waals surface area contributed by atoms with E-state index in [2.05, 4.69) is 31.9 Å². The highest BCUT2D eigenvalue weighted by molar-refractivity contribution is 7.98. The largest absolute Gasteiger partial charge is 0.440 e. The summed E-state index contributed by atoms with van der Waals surface area (Å²) in [5.41, 5.74) is 2.13. The molecule has 0 N–H and O–H groups in total. The van der Waals surface area contributed by atoms with E-state index in [1.807, 2.05) is 48.5 Å². The molecule has 0 saturated heterocycles. The molecule has 5 nitrogen and oxygen atoms in total. The first kappa shape index (κ1) is 16.3. The summed E-state index contributed by atoms with van der Waals surface area (Å²) in [6.45, 7) is 0. The van der Waals surface area contributed by atoms with Crippen LogP contribution in [-0.4, -0.2) is 19.7 Å². The molecule has 4 aromatic rings. The first-order chi connectivity index (χ1) is 13.4. The van der Waals surface area contributed by atoms with E-state index in [0.717, 1.165) is 28.0 Å². The minimum Gasteiger partial charge on any atom is -0.440 e. The number of benzene rings is 2. The molecule has 0 amide bonds. The Morgan fingerprint density at radius 1 is 0.963 bits per heavy atom. The molecule has 134 valence electrons. The first-order valence-electron chi connectivity index (χ1n) is 9.02. The van der Waals surface area contributed by atoms with Crippen LogP contribution in [0.4, 0.5) is 0 Å². The number of para-hydroxylation sites is 1. The smallest absolute Gasteiger partial charge is 0.205 e. The van der Waals surface area contributed by atoms with Gasteiger partial charge in [0.05, 0.1) is 11.9 Å². The van der Waals surface area contributed by atoms with E-state index in [0.29, 0.717) is 17.6 Å². The van der Waals surface area contributed by atoms with Crippen molar-refractivity contribution in [3.8, 4) is 17.0 Å². The third-order valence-corrected chi connectivity index (χ3v) is 5.47. The Labute approximate surface area is 161 Å². The Kier molecular flexibility index (Phi) is 4.26. The standard InChI is InChI=1S/C21H18N4OS/c1-3-7-15(8-4-1)18-13-22-19(26-18)14-27-21-24-23-20(16-11-12-16)25(21)17-9-5-2-6-10-17/h1-10,13,16H,11-12,14H2. The minimum absolute atomic E-state index is 0.526. The van der Waals surface area contributed by atoms with E-state index in [-0.39, 0.29) is 0 Å². The molecule has 2 aromatic heterocycles. The van der Waals surface area contributed by atoms with Gasteiger partial charge in [0.15, 0.2) is 10.9 Å². The molecule has 5 rings (SSSR count). The number of aromatic nitrogens is 4. The monoisotopic (exact) mass is 374 g/mol. The topological polar surface area (TPSA) is 56.7 Å². The summed E-state index contributed by atoms with van der Waals surface area (Å²) >= 11 is 1.60. The summed E-state index contributed by atoms with van der Waals surface area (Å²) < 4.78 is 8.08. The Bertz CT molecular complexity index is 1040. The van der Waals surface area contributed by atoms with Crippen LogP contribution in [0.2, 0.25) is 0 Å². The number of nitrogens with zero attached hydrogens (tertiary/aromatic N) is 4. The Hall–Kier alpha value is -2.86. The van der Waals surface area contributed by atoms with Crippen molar-refractivity contribution < 1.29 is 4.42 Å². The normalized spacial score (nSPS) is 13.8. The highest BCUT2D eigenvalue weighted by Gasteiger charge is 2.31. The molecule has 1 saturated carbocycles. The zero-order chi connectivity index (χ0) is 18.1. The van der Waals surface area contributed by atoms with Gasteiger partial charge in [-0.3, -0.25) is 4.57 Å². The average molecular weight is 374 g/mol. The van der Waals surface area contributed by atoms with Crippen LogP contribution in [0.3, 0.4) is 0 Å². The molecule has 1 aliphatic carbocycles. The number of oxazole rings is 1. The molecule has 0 bridgehead atoms.